The van der Waals surface area contributed by atoms with Crippen molar-refractivity contribution < 1.29 is 4.79 Å². The van der Waals surface area contributed by atoms with E-state index in [0.717, 1.165) is 29.8 Å². The molecule has 1 amide bonds. The molecule has 0 spiro atoms. The fraction of sp³-hybridized carbons (Fsp3) is 0.320. The highest BCUT2D eigenvalue weighted by Gasteiger charge is 2.27. The third-order valence-electron chi connectivity index (χ3n) is 6.24. The van der Waals surface area contributed by atoms with Gasteiger partial charge in [0.15, 0.2) is 0 Å². The second-order valence-corrected chi connectivity index (χ2v) is 8.71. The van der Waals surface area contributed by atoms with Crippen molar-refractivity contribution in [2.45, 2.75) is 32.2 Å². The zero-order valence-electron chi connectivity index (χ0n) is 19.8. The summed E-state index contributed by atoms with van der Waals surface area (Å²) in [4.78, 5) is 32.4. The summed E-state index contributed by atoms with van der Waals surface area (Å²) in [5.74, 6) is 0.919. The number of aromatic amines is 1. The minimum Gasteiger partial charge on any atom is -0.380 e. The number of anilines is 1. The average Bonchev–Trinajstić information content (AvgIpc) is 3.31. The van der Waals surface area contributed by atoms with E-state index in [1.165, 1.54) is 24.9 Å². The van der Waals surface area contributed by atoms with Gasteiger partial charge in [-0.3, -0.25) is 9.80 Å². The summed E-state index contributed by atoms with van der Waals surface area (Å²) < 4.78 is 0. The van der Waals surface area contributed by atoms with Crippen LogP contribution < -0.4 is 15.5 Å². The van der Waals surface area contributed by atoms with Crippen molar-refractivity contribution in [3.63, 3.8) is 0 Å². The molecule has 180 valence electrons. The monoisotopic (exact) mass is 471 g/mol. The molecule has 10 nitrogen and oxygen atoms in total. The van der Waals surface area contributed by atoms with E-state index in [1.807, 2.05) is 6.07 Å². The Morgan fingerprint density at radius 3 is 2.80 bits per heavy atom. The van der Waals surface area contributed by atoms with E-state index >= 15 is 0 Å². The fourth-order valence-electron chi connectivity index (χ4n) is 4.49. The lowest BCUT2D eigenvalue weighted by molar-refractivity contribution is -0.115. The standard InChI is InChI=1S/C25H29N9O/c1-26-33(2)16-17-13-21(29-15-22-27-9-6-10-28-22)23(25(35)30-17)24-31-19-8-7-18(14-20(19)32-24)34-11-4-3-5-12-34/h6-10,14,16,29H,1,3-5,11-13,15H2,2H3,(H,30,35)(H,31,32)/b17-16+. The molecule has 0 bridgehead atoms. The van der Waals surface area contributed by atoms with Crippen LogP contribution in [0.2, 0.25) is 0 Å². The van der Waals surface area contributed by atoms with Crippen molar-refractivity contribution in [2.24, 2.45) is 5.10 Å². The van der Waals surface area contributed by atoms with Crippen molar-refractivity contribution in [3.05, 3.63) is 65.9 Å². The molecule has 0 aliphatic carbocycles. The van der Waals surface area contributed by atoms with Gasteiger partial charge in [-0.25, -0.2) is 15.0 Å². The van der Waals surface area contributed by atoms with Crippen molar-refractivity contribution in [2.75, 3.05) is 25.0 Å². The Bertz CT molecular complexity index is 1290. The molecule has 10 heteroatoms. The highest BCUT2D eigenvalue weighted by molar-refractivity contribution is 6.21. The maximum Gasteiger partial charge on any atom is 0.261 e. The summed E-state index contributed by atoms with van der Waals surface area (Å²) in [6.45, 7) is 6.04. The molecule has 35 heavy (non-hydrogen) atoms. The minimum absolute atomic E-state index is 0.244. The molecule has 0 saturated carbocycles. The SMILES string of the molecule is C=NN(C)/C=C1\CC(NCc2ncccn2)=C(c2nc3ccc(N4CCCCC4)cc3[nH]2)C(=O)N1. The quantitative estimate of drug-likeness (QED) is 0.359. The molecule has 3 aromatic rings. The molecule has 2 aromatic heterocycles. The minimum atomic E-state index is -0.244. The molecule has 5 rings (SSSR count). The second-order valence-electron chi connectivity index (χ2n) is 8.71. The molecule has 0 radical (unpaired) electrons. The Morgan fingerprint density at radius 2 is 2.03 bits per heavy atom. The number of rotatable bonds is 7. The van der Waals surface area contributed by atoms with Crippen molar-refractivity contribution in [1.29, 1.82) is 0 Å². The maximum absolute atomic E-state index is 13.3. The third kappa shape index (κ3) is 5.01. The highest BCUT2D eigenvalue weighted by Crippen LogP contribution is 2.29. The third-order valence-corrected chi connectivity index (χ3v) is 6.24. The van der Waals surface area contributed by atoms with Crippen molar-refractivity contribution in [3.8, 4) is 0 Å². The number of imidazole rings is 1. The van der Waals surface area contributed by atoms with Crippen LogP contribution in [0.5, 0.6) is 0 Å². The summed E-state index contributed by atoms with van der Waals surface area (Å²) in [6, 6.07) is 8.02. The van der Waals surface area contributed by atoms with Crippen LogP contribution in [0, 0.1) is 0 Å². The lowest BCUT2D eigenvalue weighted by Gasteiger charge is -2.28. The summed E-state index contributed by atoms with van der Waals surface area (Å²) in [5.41, 5.74) is 4.82. The zero-order chi connectivity index (χ0) is 24.2. The number of hydrazone groups is 1. The van der Waals surface area contributed by atoms with Gasteiger partial charge in [-0.1, -0.05) is 0 Å². The second kappa shape index (κ2) is 9.96. The van der Waals surface area contributed by atoms with Gasteiger partial charge in [-0.05, 0) is 43.5 Å². The van der Waals surface area contributed by atoms with Gasteiger partial charge < -0.3 is 20.5 Å². The van der Waals surface area contributed by atoms with E-state index in [1.54, 1.807) is 36.7 Å². The first-order valence-electron chi connectivity index (χ1n) is 11.8. The Kier molecular flexibility index (Phi) is 6.42. The van der Waals surface area contributed by atoms with Gasteiger partial charge in [0.05, 0.1) is 17.6 Å². The van der Waals surface area contributed by atoms with E-state index in [0.29, 0.717) is 35.9 Å². The molecule has 1 aromatic carbocycles. The number of carbonyl (C=O) groups excluding carboxylic acids is 1. The molecule has 2 aliphatic heterocycles. The number of hydrogen-bond donors (Lipinski definition) is 3. The van der Waals surface area contributed by atoms with Gasteiger partial charge in [0.25, 0.3) is 5.91 Å². The fourth-order valence-corrected chi connectivity index (χ4v) is 4.49. The van der Waals surface area contributed by atoms with E-state index in [9.17, 15) is 4.79 Å². The Hall–Kier alpha value is -4.21. The summed E-state index contributed by atoms with van der Waals surface area (Å²) in [6.07, 6.45) is 9.31. The lowest BCUT2D eigenvalue weighted by Crippen LogP contribution is -2.34. The van der Waals surface area contributed by atoms with Crippen LogP contribution in [-0.4, -0.2) is 57.7 Å². The molecule has 3 N–H and O–H groups in total. The van der Waals surface area contributed by atoms with E-state index in [-0.39, 0.29) is 5.91 Å². The predicted octanol–water partition coefficient (Wildman–Crippen LogP) is 2.75. The first-order chi connectivity index (χ1) is 17.1. The number of carbonyl (C=O) groups is 1. The number of hydrogen-bond acceptors (Lipinski definition) is 8. The molecular weight excluding hydrogens is 442 g/mol. The van der Waals surface area contributed by atoms with Gasteiger partial charge in [0.2, 0.25) is 0 Å². The topological polar surface area (TPSA) is 114 Å². The number of aromatic nitrogens is 4. The number of piperidine rings is 1. The number of benzene rings is 1. The number of nitrogens with zero attached hydrogens (tertiary/aromatic N) is 6. The van der Waals surface area contributed by atoms with Crippen LogP contribution in [0.4, 0.5) is 5.69 Å². The van der Waals surface area contributed by atoms with Crippen LogP contribution in [0.25, 0.3) is 16.6 Å². The molecule has 4 heterocycles. The number of amides is 1. The van der Waals surface area contributed by atoms with Gasteiger partial charge in [-0.15, -0.1) is 0 Å². The molecule has 1 fully saturated rings. The van der Waals surface area contributed by atoms with Crippen LogP contribution in [0.3, 0.4) is 0 Å². The lowest BCUT2D eigenvalue weighted by atomic mass is 10.0. The van der Waals surface area contributed by atoms with Crippen LogP contribution in [0.1, 0.15) is 37.3 Å². The molecule has 1 saturated heterocycles. The number of nitrogens with one attached hydrogen (secondary N) is 3. The largest absolute Gasteiger partial charge is 0.380 e. The normalized spacial score (nSPS) is 17.6. The zero-order valence-corrected chi connectivity index (χ0v) is 19.8. The van der Waals surface area contributed by atoms with Gasteiger partial charge in [-0.2, -0.15) is 5.10 Å². The Balaban J connectivity index is 1.50. The van der Waals surface area contributed by atoms with E-state index in [4.69, 9.17) is 4.98 Å². The number of H-pyrrole nitrogens is 1. The molecular formula is C25H29N9O. The van der Waals surface area contributed by atoms with E-state index < -0.39 is 0 Å². The van der Waals surface area contributed by atoms with Crippen LogP contribution >= 0.6 is 0 Å². The highest BCUT2D eigenvalue weighted by atomic mass is 16.1. The van der Waals surface area contributed by atoms with Crippen molar-refractivity contribution >= 4 is 34.9 Å². The van der Waals surface area contributed by atoms with Gasteiger partial charge in [0, 0.05) is 69.0 Å². The first kappa shape index (κ1) is 22.6. The Labute approximate surface area is 203 Å². The molecule has 2 aliphatic rings. The average molecular weight is 472 g/mol. The molecule has 0 unspecified atom stereocenters. The first-order valence-corrected chi connectivity index (χ1v) is 11.8. The van der Waals surface area contributed by atoms with Crippen LogP contribution in [-0.2, 0) is 11.3 Å². The van der Waals surface area contributed by atoms with Crippen molar-refractivity contribution in [1.82, 2.24) is 35.6 Å². The Morgan fingerprint density at radius 1 is 1.23 bits per heavy atom. The van der Waals surface area contributed by atoms with E-state index in [2.05, 4.69) is 54.4 Å². The predicted molar refractivity (Wildman–Crippen MR) is 136 cm³/mol. The van der Waals surface area contributed by atoms with Gasteiger partial charge >= 0.3 is 0 Å². The molecule has 0 atom stereocenters. The van der Waals surface area contributed by atoms with Crippen LogP contribution in [0.15, 0.2) is 59.4 Å². The maximum atomic E-state index is 13.3. The van der Waals surface area contributed by atoms with Gasteiger partial charge in [0.1, 0.15) is 17.2 Å². The summed E-state index contributed by atoms with van der Waals surface area (Å²) in [7, 11) is 1.76. The number of fused-ring (bicyclic) bond motifs is 1. The summed E-state index contributed by atoms with van der Waals surface area (Å²) in [5, 5.41) is 11.7. The summed E-state index contributed by atoms with van der Waals surface area (Å²) >= 11 is 0. The smallest absolute Gasteiger partial charge is 0.261 e.